The zero-order valence-electron chi connectivity index (χ0n) is 7.96. The van der Waals surface area contributed by atoms with E-state index in [0.29, 0.717) is 0 Å². The minimum atomic E-state index is -4.86. The fourth-order valence-corrected chi connectivity index (χ4v) is 1.65. The molecule has 1 aromatic rings. The predicted molar refractivity (Wildman–Crippen MR) is 57.5 cm³/mol. The Bertz CT molecular complexity index is 465. The Hall–Kier alpha value is -1.27. The Morgan fingerprint density at radius 2 is 1.71 bits per heavy atom. The van der Waals surface area contributed by atoms with E-state index in [4.69, 9.17) is 23.2 Å². The lowest BCUT2D eigenvalue weighted by atomic mass is 10.1. The van der Waals surface area contributed by atoms with Crippen LogP contribution < -0.4 is 0 Å². The van der Waals surface area contributed by atoms with E-state index in [1.807, 2.05) is 0 Å². The highest BCUT2D eigenvalue weighted by Crippen LogP contribution is 2.36. The maximum Gasteiger partial charge on any atom is 0.422 e. The number of rotatable bonds is 2. The Kier molecular flexibility index (Phi) is 4.00. The van der Waals surface area contributed by atoms with Gasteiger partial charge in [0.25, 0.3) is 0 Å². The summed E-state index contributed by atoms with van der Waals surface area (Å²) in [5.74, 6) is 0. The van der Waals surface area contributed by atoms with E-state index in [9.17, 15) is 23.3 Å². The first-order valence-electron chi connectivity index (χ1n) is 4.09. The third-order valence-electron chi connectivity index (χ3n) is 1.71. The summed E-state index contributed by atoms with van der Waals surface area (Å²) in [6.07, 6.45) is -4.98. The number of halogens is 5. The van der Waals surface area contributed by atoms with Gasteiger partial charge in [0, 0.05) is 10.0 Å². The van der Waals surface area contributed by atoms with Gasteiger partial charge in [0.1, 0.15) is 5.57 Å². The molecule has 0 amide bonds. The SMILES string of the molecule is O=[N+]([O-])/C=C(/c1cc(Cl)cc(Cl)c1)C(F)(F)F. The van der Waals surface area contributed by atoms with E-state index >= 15 is 0 Å². The van der Waals surface area contributed by atoms with Gasteiger partial charge in [-0.3, -0.25) is 10.1 Å². The molecule has 0 atom stereocenters. The van der Waals surface area contributed by atoms with Crippen LogP contribution in [0.2, 0.25) is 10.0 Å². The van der Waals surface area contributed by atoms with E-state index in [2.05, 4.69) is 0 Å². The Morgan fingerprint density at radius 3 is 2.06 bits per heavy atom. The zero-order valence-corrected chi connectivity index (χ0v) is 9.47. The van der Waals surface area contributed by atoms with Crippen molar-refractivity contribution in [2.45, 2.75) is 6.18 Å². The number of alkyl halides is 3. The molecule has 0 aliphatic carbocycles. The van der Waals surface area contributed by atoms with Crippen LogP contribution >= 0.6 is 23.2 Å². The molecule has 0 spiro atoms. The summed E-state index contributed by atoms with van der Waals surface area (Å²) in [6, 6.07) is 3.14. The zero-order chi connectivity index (χ0) is 13.2. The quantitative estimate of drug-likeness (QED) is 0.604. The van der Waals surface area contributed by atoms with Crippen molar-refractivity contribution in [2.75, 3.05) is 0 Å². The van der Waals surface area contributed by atoms with E-state index in [-0.39, 0.29) is 16.2 Å². The van der Waals surface area contributed by atoms with Crippen LogP contribution in [-0.4, -0.2) is 11.1 Å². The molecule has 17 heavy (non-hydrogen) atoms. The molecule has 3 nitrogen and oxygen atoms in total. The molecule has 0 unspecified atom stereocenters. The third kappa shape index (κ3) is 3.90. The van der Waals surface area contributed by atoms with E-state index in [0.717, 1.165) is 12.1 Å². The van der Waals surface area contributed by atoms with Gasteiger partial charge in [0.15, 0.2) is 0 Å². The van der Waals surface area contributed by atoms with E-state index in [1.54, 1.807) is 0 Å². The van der Waals surface area contributed by atoms with Crippen molar-refractivity contribution in [3.63, 3.8) is 0 Å². The molecule has 1 rings (SSSR count). The predicted octanol–water partition coefficient (Wildman–Crippen LogP) is 4.17. The summed E-state index contributed by atoms with van der Waals surface area (Å²) < 4.78 is 37.7. The second kappa shape index (κ2) is 4.93. The van der Waals surface area contributed by atoms with E-state index < -0.39 is 22.2 Å². The van der Waals surface area contributed by atoms with Gasteiger partial charge in [-0.25, -0.2) is 0 Å². The van der Waals surface area contributed by atoms with Crippen molar-refractivity contribution in [2.24, 2.45) is 0 Å². The molecule has 1 aromatic carbocycles. The third-order valence-corrected chi connectivity index (χ3v) is 2.15. The molecule has 0 aliphatic rings. The Labute approximate surface area is 104 Å². The molecule has 0 saturated heterocycles. The molecule has 0 saturated carbocycles. The van der Waals surface area contributed by atoms with Gasteiger partial charge in [-0.05, 0) is 23.8 Å². The Balaban J connectivity index is 3.38. The molecule has 0 heterocycles. The topological polar surface area (TPSA) is 43.1 Å². The highest BCUT2D eigenvalue weighted by Gasteiger charge is 2.37. The molecule has 0 aliphatic heterocycles. The van der Waals surface area contributed by atoms with Crippen LogP contribution in [0.25, 0.3) is 5.57 Å². The summed E-state index contributed by atoms with van der Waals surface area (Å²) in [4.78, 5) is 8.98. The van der Waals surface area contributed by atoms with Gasteiger partial charge in [0.2, 0.25) is 6.20 Å². The van der Waals surface area contributed by atoms with Gasteiger partial charge in [0.05, 0.1) is 4.92 Å². The highest BCUT2D eigenvalue weighted by molar-refractivity contribution is 6.34. The lowest BCUT2D eigenvalue weighted by Crippen LogP contribution is -2.12. The summed E-state index contributed by atoms with van der Waals surface area (Å²) in [5.41, 5.74) is -1.86. The fraction of sp³-hybridized carbons (Fsp3) is 0.111. The smallest absolute Gasteiger partial charge is 0.259 e. The van der Waals surface area contributed by atoms with Crippen LogP contribution in [0.1, 0.15) is 5.56 Å². The number of hydrogen-bond donors (Lipinski definition) is 0. The first-order chi connectivity index (χ1) is 7.70. The molecule has 92 valence electrons. The van der Waals surface area contributed by atoms with Gasteiger partial charge >= 0.3 is 6.18 Å². The lowest BCUT2D eigenvalue weighted by molar-refractivity contribution is -0.402. The average molecular weight is 286 g/mol. The molecular formula is C9H4Cl2F3NO2. The number of nitrogens with zero attached hydrogens (tertiary/aromatic N) is 1. The molecule has 8 heteroatoms. The summed E-state index contributed by atoms with van der Waals surface area (Å²) in [5, 5.41) is 10.1. The molecule has 0 fully saturated rings. The Morgan fingerprint density at radius 1 is 1.24 bits per heavy atom. The van der Waals surface area contributed by atoms with Crippen molar-refractivity contribution in [3.05, 3.63) is 50.1 Å². The highest BCUT2D eigenvalue weighted by atomic mass is 35.5. The summed E-state index contributed by atoms with van der Waals surface area (Å²) in [6.45, 7) is 0. The van der Waals surface area contributed by atoms with Crippen LogP contribution in [0, 0.1) is 10.1 Å². The number of nitro groups is 1. The van der Waals surface area contributed by atoms with Crippen molar-refractivity contribution in [3.8, 4) is 0 Å². The second-order valence-electron chi connectivity index (χ2n) is 2.98. The van der Waals surface area contributed by atoms with E-state index in [1.165, 1.54) is 6.07 Å². The van der Waals surface area contributed by atoms with Crippen LogP contribution in [-0.2, 0) is 0 Å². The van der Waals surface area contributed by atoms with Crippen molar-refractivity contribution >= 4 is 28.8 Å². The second-order valence-corrected chi connectivity index (χ2v) is 3.86. The molecule has 0 bridgehead atoms. The van der Waals surface area contributed by atoms with Crippen molar-refractivity contribution < 1.29 is 18.1 Å². The standard InChI is InChI=1S/C9H4Cl2F3NO2/c10-6-1-5(2-7(11)3-6)8(4-15(16)17)9(12,13)14/h1-4H/b8-4-. The number of hydrogen-bond acceptors (Lipinski definition) is 2. The van der Waals surface area contributed by atoms with Gasteiger partial charge in [-0.1, -0.05) is 23.2 Å². The van der Waals surface area contributed by atoms with Gasteiger partial charge in [-0.15, -0.1) is 0 Å². The maximum absolute atomic E-state index is 12.6. The van der Waals surface area contributed by atoms with Crippen LogP contribution in [0.3, 0.4) is 0 Å². The van der Waals surface area contributed by atoms with Crippen molar-refractivity contribution in [1.82, 2.24) is 0 Å². The largest absolute Gasteiger partial charge is 0.422 e. The van der Waals surface area contributed by atoms with Gasteiger partial charge < -0.3 is 0 Å². The monoisotopic (exact) mass is 285 g/mol. The molecule has 0 radical (unpaired) electrons. The lowest BCUT2D eigenvalue weighted by Gasteiger charge is -2.10. The van der Waals surface area contributed by atoms with Gasteiger partial charge in [-0.2, -0.15) is 13.2 Å². The normalized spacial score (nSPS) is 12.6. The van der Waals surface area contributed by atoms with Crippen LogP contribution in [0.4, 0.5) is 13.2 Å². The van der Waals surface area contributed by atoms with Crippen LogP contribution in [0.15, 0.2) is 24.4 Å². The average Bonchev–Trinajstić information content (AvgIpc) is 2.10. The number of allylic oxidation sites excluding steroid dienone is 1. The maximum atomic E-state index is 12.6. The number of benzene rings is 1. The first-order valence-corrected chi connectivity index (χ1v) is 4.84. The first kappa shape index (κ1) is 13.8. The minimum absolute atomic E-state index is 0.0361. The van der Waals surface area contributed by atoms with Crippen molar-refractivity contribution in [1.29, 1.82) is 0 Å². The van der Waals surface area contributed by atoms with Crippen LogP contribution in [0.5, 0.6) is 0 Å². The molecule has 0 aromatic heterocycles. The molecular weight excluding hydrogens is 282 g/mol. The molecule has 0 N–H and O–H groups in total. The summed E-state index contributed by atoms with van der Waals surface area (Å²) in [7, 11) is 0. The fourth-order valence-electron chi connectivity index (χ4n) is 1.13. The summed E-state index contributed by atoms with van der Waals surface area (Å²) >= 11 is 11.1. The minimum Gasteiger partial charge on any atom is -0.259 e.